The first kappa shape index (κ1) is 19.3. The lowest BCUT2D eigenvalue weighted by molar-refractivity contribution is -0.274. The molecule has 10 nitrogen and oxygen atoms in total. The number of benzene rings is 1. The van der Waals surface area contributed by atoms with Gasteiger partial charge in [0.25, 0.3) is 5.91 Å². The van der Waals surface area contributed by atoms with E-state index in [2.05, 4.69) is 30.3 Å². The molecule has 13 heteroatoms. The second-order valence-electron chi connectivity index (χ2n) is 6.21. The van der Waals surface area contributed by atoms with Crippen LogP contribution in [0, 0.1) is 0 Å². The van der Waals surface area contributed by atoms with Gasteiger partial charge in [0.2, 0.25) is 0 Å². The molecule has 0 unspecified atom stereocenters. The SMILES string of the molecule is O=C1CN(Cc2ccnc(-c3nnn[nH]3)c2)C(=O)N1c1ccc(OC(F)(F)F)cc1. The fraction of sp³-hybridized carbons (Fsp3) is 0.176. The Morgan fingerprint density at radius 3 is 2.57 bits per heavy atom. The molecule has 154 valence electrons. The average molecular weight is 419 g/mol. The number of nitrogens with one attached hydrogen (secondary N) is 1. The number of tetrazole rings is 1. The van der Waals surface area contributed by atoms with Crippen molar-refractivity contribution in [3.05, 3.63) is 48.2 Å². The second kappa shape index (κ2) is 7.42. The number of H-pyrrole nitrogens is 1. The number of pyridine rings is 1. The normalized spacial score (nSPS) is 14.5. The second-order valence-corrected chi connectivity index (χ2v) is 6.21. The van der Waals surface area contributed by atoms with Crippen LogP contribution in [0.1, 0.15) is 5.56 Å². The van der Waals surface area contributed by atoms with Crippen LogP contribution in [0.15, 0.2) is 42.6 Å². The summed E-state index contributed by atoms with van der Waals surface area (Å²) in [5.74, 6) is -0.602. The van der Waals surface area contributed by atoms with E-state index in [1.807, 2.05) is 0 Å². The largest absolute Gasteiger partial charge is 0.573 e. The van der Waals surface area contributed by atoms with Crippen molar-refractivity contribution in [3.63, 3.8) is 0 Å². The molecule has 1 N–H and O–H groups in total. The molecule has 1 aliphatic heterocycles. The Kier molecular flexibility index (Phi) is 4.77. The number of aromatic amines is 1. The zero-order valence-electron chi connectivity index (χ0n) is 15.0. The molecule has 2 aromatic heterocycles. The molecule has 0 saturated carbocycles. The van der Waals surface area contributed by atoms with Crippen LogP contribution in [0.5, 0.6) is 5.75 Å². The predicted octanol–water partition coefficient (Wildman–Crippen LogP) is 2.13. The van der Waals surface area contributed by atoms with E-state index in [1.54, 1.807) is 12.1 Å². The number of anilines is 1. The number of ether oxygens (including phenoxy) is 1. The minimum atomic E-state index is -4.83. The summed E-state index contributed by atoms with van der Waals surface area (Å²) in [6.07, 6.45) is -3.31. The molecule has 0 aliphatic carbocycles. The Labute approximate surface area is 166 Å². The van der Waals surface area contributed by atoms with E-state index >= 15 is 0 Å². The number of nitrogens with zero attached hydrogens (tertiary/aromatic N) is 6. The number of urea groups is 1. The van der Waals surface area contributed by atoms with E-state index in [9.17, 15) is 22.8 Å². The van der Waals surface area contributed by atoms with Crippen LogP contribution in [0.4, 0.5) is 23.7 Å². The van der Waals surface area contributed by atoms with E-state index in [-0.39, 0.29) is 18.8 Å². The molecule has 0 bridgehead atoms. The van der Waals surface area contributed by atoms with Gasteiger partial charge in [-0.05, 0) is 52.4 Å². The van der Waals surface area contributed by atoms with Gasteiger partial charge < -0.3 is 9.64 Å². The van der Waals surface area contributed by atoms with E-state index in [0.29, 0.717) is 17.1 Å². The van der Waals surface area contributed by atoms with Crippen LogP contribution in [0.2, 0.25) is 0 Å². The number of carbonyl (C=O) groups is 2. The van der Waals surface area contributed by atoms with Crippen LogP contribution in [0.3, 0.4) is 0 Å². The maximum Gasteiger partial charge on any atom is 0.573 e. The van der Waals surface area contributed by atoms with Gasteiger partial charge in [0.15, 0.2) is 5.82 Å². The smallest absolute Gasteiger partial charge is 0.406 e. The summed E-state index contributed by atoms with van der Waals surface area (Å²) in [5, 5.41) is 13.3. The standard InChI is InChI=1S/C17H12F3N7O3/c18-17(19,20)30-12-3-1-11(2-4-12)27-14(28)9-26(16(27)29)8-10-5-6-21-13(7-10)15-22-24-25-23-15/h1-7H,8-9H2,(H,22,23,24,25). The van der Waals surface area contributed by atoms with Crippen molar-refractivity contribution in [1.82, 2.24) is 30.5 Å². The van der Waals surface area contributed by atoms with Gasteiger partial charge in [-0.1, -0.05) is 0 Å². The number of alkyl halides is 3. The number of aromatic nitrogens is 5. The van der Waals surface area contributed by atoms with Gasteiger partial charge in [0.05, 0.1) is 5.69 Å². The molecule has 3 amide bonds. The highest BCUT2D eigenvalue weighted by atomic mass is 19.4. The van der Waals surface area contributed by atoms with E-state index in [0.717, 1.165) is 17.0 Å². The summed E-state index contributed by atoms with van der Waals surface area (Å²) in [7, 11) is 0. The van der Waals surface area contributed by atoms with Crippen molar-refractivity contribution in [2.24, 2.45) is 0 Å². The third kappa shape index (κ3) is 4.04. The Morgan fingerprint density at radius 2 is 1.90 bits per heavy atom. The zero-order valence-corrected chi connectivity index (χ0v) is 15.0. The molecule has 0 atom stereocenters. The van der Waals surface area contributed by atoms with Gasteiger partial charge in [0, 0.05) is 12.7 Å². The topological polar surface area (TPSA) is 117 Å². The van der Waals surface area contributed by atoms with Gasteiger partial charge in [-0.3, -0.25) is 9.78 Å². The first-order chi connectivity index (χ1) is 14.3. The van der Waals surface area contributed by atoms with Gasteiger partial charge in [0.1, 0.15) is 18.0 Å². The van der Waals surface area contributed by atoms with Crippen LogP contribution >= 0.6 is 0 Å². The molecule has 3 aromatic rings. The van der Waals surface area contributed by atoms with E-state index in [1.165, 1.54) is 23.2 Å². The van der Waals surface area contributed by atoms with E-state index < -0.39 is 24.1 Å². The summed E-state index contributed by atoms with van der Waals surface area (Å²) in [6, 6.07) is 7.25. The number of rotatable bonds is 5. The molecule has 1 fully saturated rings. The summed E-state index contributed by atoms with van der Waals surface area (Å²) in [6.45, 7) is -0.0609. The van der Waals surface area contributed by atoms with Crippen LogP contribution < -0.4 is 9.64 Å². The van der Waals surface area contributed by atoms with Crippen LogP contribution in [-0.4, -0.2) is 55.4 Å². The third-order valence-electron chi connectivity index (χ3n) is 4.15. The summed E-state index contributed by atoms with van der Waals surface area (Å²) >= 11 is 0. The molecule has 3 heterocycles. The van der Waals surface area contributed by atoms with Crippen molar-refractivity contribution in [2.75, 3.05) is 11.4 Å². The minimum absolute atomic E-state index is 0.118. The Bertz CT molecular complexity index is 1070. The highest BCUT2D eigenvalue weighted by Crippen LogP contribution is 2.28. The Hall–Kier alpha value is -4.03. The van der Waals surface area contributed by atoms with Gasteiger partial charge in [-0.25, -0.2) is 14.8 Å². The van der Waals surface area contributed by atoms with Crippen molar-refractivity contribution in [1.29, 1.82) is 0 Å². The fourth-order valence-electron chi connectivity index (χ4n) is 2.91. The number of amides is 3. The quantitative estimate of drug-likeness (QED) is 0.630. The predicted molar refractivity (Wildman–Crippen MR) is 93.8 cm³/mol. The zero-order chi connectivity index (χ0) is 21.3. The first-order valence-electron chi connectivity index (χ1n) is 8.47. The number of imide groups is 1. The summed E-state index contributed by atoms with van der Waals surface area (Å²) in [4.78, 5) is 31.4. The molecular formula is C17H12F3N7O3. The summed E-state index contributed by atoms with van der Waals surface area (Å²) in [5.41, 5.74) is 1.30. The number of halogens is 3. The highest BCUT2D eigenvalue weighted by molar-refractivity contribution is 6.19. The van der Waals surface area contributed by atoms with Crippen LogP contribution in [0.25, 0.3) is 11.5 Å². The molecule has 30 heavy (non-hydrogen) atoms. The number of hydrogen-bond acceptors (Lipinski definition) is 7. The van der Waals surface area contributed by atoms with Gasteiger partial charge in [-0.15, -0.1) is 18.3 Å². The van der Waals surface area contributed by atoms with Crippen molar-refractivity contribution < 1.29 is 27.5 Å². The maximum atomic E-state index is 12.7. The maximum absolute atomic E-state index is 12.7. The number of hydrogen-bond donors (Lipinski definition) is 1. The van der Waals surface area contributed by atoms with Crippen molar-refractivity contribution in [3.8, 4) is 17.3 Å². The minimum Gasteiger partial charge on any atom is -0.406 e. The molecule has 1 aromatic carbocycles. The Balaban J connectivity index is 1.49. The fourth-order valence-corrected chi connectivity index (χ4v) is 2.91. The molecule has 0 radical (unpaired) electrons. The van der Waals surface area contributed by atoms with Crippen molar-refractivity contribution in [2.45, 2.75) is 12.9 Å². The van der Waals surface area contributed by atoms with Gasteiger partial charge in [-0.2, -0.15) is 0 Å². The summed E-state index contributed by atoms with van der Waals surface area (Å²) < 4.78 is 40.6. The van der Waals surface area contributed by atoms with Crippen LogP contribution in [-0.2, 0) is 11.3 Å². The third-order valence-corrected chi connectivity index (χ3v) is 4.15. The Morgan fingerprint density at radius 1 is 1.13 bits per heavy atom. The molecule has 1 saturated heterocycles. The molecule has 1 aliphatic rings. The molecule has 0 spiro atoms. The van der Waals surface area contributed by atoms with Crippen molar-refractivity contribution >= 4 is 17.6 Å². The monoisotopic (exact) mass is 419 g/mol. The molecular weight excluding hydrogens is 407 g/mol. The average Bonchev–Trinajstić information content (AvgIpc) is 3.31. The highest BCUT2D eigenvalue weighted by Gasteiger charge is 2.37. The first-order valence-corrected chi connectivity index (χ1v) is 8.47. The van der Waals surface area contributed by atoms with E-state index in [4.69, 9.17) is 0 Å². The lowest BCUT2D eigenvalue weighted by Crippen LogP contribution is -2.32. The lowest BCUT2D eigenvalue weighted by Gasteiger charge is -2.18. The molecule has 4 rings (SSSR count). The van der Waals surface area contributed by atoms with Gasteiger partial charge >= 0.3 is 12.4 Å². The number of carbonyl (C=O) groups excluding carboxylic acids is 2. The lowest BCUT2D eigenvalue weighted by atomic mass is 10.2.